The van der Waals surface area contributed by atoms with E-state index in [0.29, 0.717) is 47.6 Å². The molecule has 3 aliphatic carbocycles. The number of aromatic nitrogens is 2. The van der Waals surface area contributed by atoms with Gasteiger partial charge in [0.05, 0.1) is 53.7 Å². The van der Waals surface area contributed by atoms with Gasteiger partial charge in [0, 0.05) is 18.9 Å². The lowest BCUT2D eigenvalue weighted by Crippen LogP contribution is -2.48. The van der Waals surface area contributed by atoms with Crippen LogP contribution in [0, 0.1) is 28.6 Å². The maximum atomic E-state index is 14.8. The number of hydrogen-bond acceptors (Lipinski definition) is 11. The Hall–Kier alpha value is -4.07. The molecule has 14 heteroatoms. The summed E-state index contributed by atoms with van der Waals surface area (Å²) < 4.78 is 46.1. The fourth-order valence-corrected chi connectivity index (χ4v) is 10.4. The molecular formula is C42H56N4O9S. The molecule has 1 unspecified atom stereocenters. The average molecular weight is 793 g/mol. The SMILES string of the molecule is C=C[C@H]1C[C@]1(CC(=O)[C@@H]1C[C@@H]2CN1C(=O)[C@H](C(C)(C)C)CC(=O)OC1CCC[C@H]1CCCCCc1nc3ccc(OC)cc3nc1O2)C(=O)NS(=O)(=O)C1CC1. The van der Waals surface area contributed by atoms with Crippen molar-refractivity contribution in [3.05, 3.63) is 36.5 Å². The Morgan fingerprint density at radius 2 is 1.80 bits per heavy atom. The molecule has 2 amide bonds. The first-order valence-corrected chi connectivity index (χ1v) is 21.9. The fraction of sp³-hybridized carbons (Fsp3) is 0.667. The molecule has 0 spiro atoms. The third-order valence-corrected chi connectivity index (χ3v) is 14.6. The second-order valence-corrected chi connectivity index (χ2v) is 19.7. The molecule has 1 aromatic heterocycles. The minimum absolute atomic E-state index is 0.0407. The van der Waals surface area contributed by atoms with Crippen molar-refractivity contribution < 1.29 is 41.8 Å². The Kier molecular flexibility index (Phi) is 11.3. The highest BCUT2D eigenvalue weighted by atomic mass is 32.2. The molecule has 2 aliphatic heterocycles. The topological polar surface area (TPSA) is 171 Å². The maximum Gasteiger partial charge on any atom is 0.306 e. The van der Waals surface area contributed by atoms with Gasteiger partial charge in [-0.1, -0.05) is 39.7 Å². The summed E-state index contributed by atoms with van der Waals surface area (Å²) in [5, 5.41) is -0.607. The average Bonchev–Trinajstić information content (AvgIpc) is 4.04. The van der Waals surface area contributed by atoms with Crippen molar-refractivity contribution in [3.8, 4) is 11.6 Å². The van der Waals surface area contributed by atoms with Gasteiger partial charge in [-0.25, -0.2) is 18.4 Å². The van der Waals surface area contributed by atoms with Crippen molar-refractivity contribution >= 4 is 44.6 Å². The van der Waals surface area contributed by atoms with Crippen LogP contribution in [0.2, 0.25) is 0 Å². The summed E-state index contributed by atoms with van der Waals surface area (Å²) in [5.74, 6) is -1.87. The van der Waals surface area contributed by atoms with Gasteiger partial charge < -0.3 is 19.1 Å². The van der Waals surface area contributed by atoms with Gasteiger partial charge in [-0.15, -0.1) is 6.58 Å². The summed E-state index contributed by atoms with van der Waals surface area (Å²) in [6.07, 6.45) is 8.81. The van der Waals surface area contributed by atoms with E-state index in [0.717, 1.165) is 44.9 Å². The van der Waals surface area contributed by atoms with Gasteiger partial charge in [0.15, 0.2) is 5.78 Å². The molecule has 3 saturated carbocycles. The molecule has 4 fully saturated rings. The number of nitrogens with one attached hydrogen (secondary N) is 1. The van der Waals surface area contributed by atoms with Crippen molar-refractivity contribution in [1.82, 2.24) is 19.6 Å². The quantitative estimate of drug-likeness (QED) is 0.260. The molecule has 2 aromatic rings. The number of sulfonamides is 1. The Labute approximate surface area is 329 Å². The number of rotatable bonds is 8. The van der Waals surface area contributed by atoms with Crippen LogP contribution in [-0.2, 0) is 40.4 Å². The molecular weight excluding hydrogens is 737 g/mol. The molecule has 5 aliphatic rings. The number of fused-ring (bicyclic) bond motifs is 5. The van der Waals surface area contributed by atoms with E-state index in [1.54, 1.807) is 19.3 Å². The molecule has 56 heavy (non-hydrogen) atoms. The van der Waals surface area contributed by atoms with Crippen molar-refractivity contribution in [3.63, 3.8) is 0 Å². The number of carbonyl (C=O) groups is 4. The normalized spacial score (nSPS) is 30.2. The van der Waals surface area contributed by atoms with Gasteiger partial charge in [0.1, 0.15) is 23.7 Å². The van der Waals surface area contributed by atoms with Gasteiger partial charge in [-0.05, 0) is 87.2 Å². The van der Waals surface area contributed by atoms with Crippen LogP contribution in [0.25, 0.3) is 11.0 Å². The number of amides is 2. The smallest absolute Gasteiger partial charge is 0.306 e. The van der Waals surface area contributed by atoms with Crippen LogP contribution < -0.4 is 14.2 Å². The molecule has 1 saturated heterocycles. The number of esters is 1. The van der Waals surface area contributed by atoms with Crippen LogP contribution in [-0.4, -0.2) is 84.0 Å². The van der Waals surface area contributed by atoms with E-state index in [2.05, 4.69) is 11.3 Å². The van der Waals surface area contributed by atoms with E-state index in [4.69, 9.17) is 24.2 Å². The second kappa shape index (κ2) is 15.7. The second-order valence-electron chi connectivity index (χ2n) is 17.8. The molecule has 3 heterocycles. The molecule has 1 N–H and O–H groups in total. The molecule has 2 bridgehead atoms. The predicted octanol–water partition coefficient (Wildman–Crippen LogP) is 5.63. The zero-order chi connectivity index (χ0) is 40.0. The Bertz CT molecular complexity index is 1990. The Morgan fingerprint density at radius 3 is 2.50 bits per heavy atom. The highest BCUT2D eigenvalue weighted by Gasteiger charge is 2.61. The minimum atomic E-state index is -3.86. The van der Waals surface area contributed by atoms with E-state index >= 15 is 0 Å². The fourth-order valence-electron chi connectivity index (χ4n) is 9.05. The van der Waals surface area contributed by atoms with Crippen LogP contribution in [0.5, 0.6) is 11.6 Å². The summed E-state index contributed by atoms with van der Waals surface area (Å²) in [6.45, 7) is 9.59. The van der Waals surface area contributed by atoms with Gasteiger partial charge in [-0.2, -0.15) is 0 Å². The van der Waals surface area contributed by atoms with Crippen LogP contribution in [0.1, 0.15) is 110 Å². The number of nitrogens with zero attached hydrogens (tertiary/aromatic N) is 3. The van der Waals surface area contributed by atoms with Crippen molar-refractivity contribution in [2.24, 2.45) is 28.6 Å². The molecule has 304 valence electrons. The molecule has 13 nitrogen and oxygen atoms in total. The zero-order valence-corrected chi connectivity index (χ0v) is 33.9. The number of hydrogen-bond donors (Lipinski definition) is 1. The van der Waals surface area contributed by atoms with Gasteiger partial charge >= 0.3 is 5.97 Å². The molecule has 0 radical (unpaired) electrons. The number of ketones is 1. The lowest BCUT2D eigenvalue weighted by molar-refractivity contribution is -0.158. The molecule has 7 atom stereocenters. The summed E-state index contributed by atoms with van der Waals surface area (Å²) in [4.78, 5) is 68.0. The number of methoxy groups -OCH3 is 1. The van der Waals surface area contributed by atoms with E-state index in [1.807, 2.05) is 32.9 Å². The number of ether oxygens (including phenoxy) is 3. The van der Waals surface area contributed by atoms with Crippen LogP contribution in [0.3, 0.4) is 0 Å². The minimum Gasteiger partial charge on any atom is -0.497 e. The van der Waals surface area contributed by atoms with E-state index in [9.17, 15) is 27.6 Å². The number of aryl methyl sites for hydroxylation is 1. The summed E-state index contributed by atoms with van der Waals surface area (Å²) in [7, 11) is -2.28. The van der Waals surface area contributed by atoms with E-state index in [-0.39, 0.29) is 55.9 Å². The summed E-state index contributed by atoms with van der Waals surface area (Å²) in [6, 6.07) is 4.49. The van der Waals surface area contributed by atoms with Crippen LogP contribution in [0.15, 0.2) is 30.9 Å². The van der Waals surface area contributed by atoms with Crippen LogP contribution in [0.4, 0.5) is 0 Å². The lowest BCUT2D eigenvalue weighted by atomic mass is 9.77. The predicted molar refractivity (Wildman–Crippen MR) is 208 cm³/mol. The number of Topliss-reactive ketones (excluding diaryl/α,β-unsaturated/α-hetero) is 1. The number of carbonyl (C=O) groups excluding carboxylic acids is 4. The van der Waals surface area contributed by atoms with Gasteiger partial charge in [0.25, 0.3) is 0 Å². The number of allylic oxidation sites excluding steroid dienone is 1. The first-order valence-electron chi connectivity index (χ1n) is 20.3. The number of benzene rings is 1. The monoisotopic (exact) mass is 792 g/mol. The van der Waals surface area contributed by atoms with E-state index < -0.39 is 62.0 Å². The van der Waals surface area contributed by atoms with Crippen molar-refractivity contribution in [2.45, 2.75) is 134 Å². The van der Waals surface area contributed by atoms with Crippen molar-refractivity contribution in [2.75, 3.05) is 13.7 Å². The van der Waals surface area contributed by atoms with E-state index in [1.165, 1.54) is 4.90 Å². The highest BCUT2D eigenvalue weighted by Crippen LogP contribution is 2.57. The highest BCUT2D eigenvalue weighted by molar-refractivity contribution is 7.90. The third kappa shape index (κ3) is 8.45. The Balaban J connectivity index is 1.23. The van der Waals surface area contributed by atoms with Gasteiger partial charge in [0.2, 0.25) is 27.7 Å². The third-order valence-electron chi connectivity index (χ3n) is 12.7. The van der Waals surface area contributed by atoms with Crippen molar-refractivity contribution in [1.29, 1.82) is 0 Å². The first-order chi connectivity index (χ1) is 26.6. The lowest BCUT2D eigenvalue weighted by Gasteiger charge is -2.35. The Morgan fingerprint density at radius 1 is 1.04 bits per heavy atom. The maximum absolute atomic E-state index is 14.8. The molecule has 1 aromatic carbocycles. The van der Waals surface area contributed by atoms with Gasteiger partial charge in [-0.3, -0.25) is 23.9 Å². The molecule has 7 rings (SSSR count). The largest absolute Gasteiger partial charge is 0.497 e. The van der Waals surface area contributed by atoms with Crippen LogP contribution >= 0.6 is 0 Å². The summed E-state index contributed by atoms with van der Waals surface area (Å²) in [5.41, 5.74) is 0.0134. The first kappa shape index (κ1) is 40.1. The standard InChI is InChI=1S/C42H56N4O9S/c1-6-26-22-42(26,40(50)45-56(51,52)29-16-17-29)23-35(47)34-20-28-24-46(34)39(49)30(41(2,3)4)21-37(48)55-36-14-10-12-25(36)11-8-7-9-13-32-38(54-28)44-33-19-27(53-5)15-18-31(33)43-32/h6,15,18-19,25-26,28-30,34,36H,1,7-14,16-17,20-24H2,2-5H3,(H,45,50)/t25-,26+,28-,30-,34+,36?,42-/m1/s1. The summed E-state index contributed by atoms with van der Waals surface area (Å²) >= 11 is 0. The zero-order valence-electron chi connectivity index (χ0n) is 33.1.